The number of hydrogen-bond donors (Lipinski definition) is 0. The molecule has 7 heteroatoms. The van der Waals surface area contributed by atoms with Gasteiger partial charge in [-0.15, -0.1) is 0 Å². The second kappa shape index (κ2) is 5.24. The second-order valence-corrected chi connectivity index (χ2v) is 4.14. The van der Waals surface area contributed by atoms with Gasteiger partial charge in [0.2, 0.25) is 5.79 Å². The monoisotopic (exact) mass is 238 g/mol. The van der Waals surface area contributed by atoms with Crippen LogP contribution in [0.25, 0.3) is 0 Å². The first kappa shape index (κ1) is 14.1. The molecule has 0 saturated heterocycles. The SMILES string of the molecule is C=CC(=O)OC(C)(C)OS(=O)(=O)OCC. The maximum absolute atomic E-state index is 11.1. The minimum atomic E-state index is -4.15. The Balaban J connectivity index is 4.49. The highest BCUT2D eigenvalue weighted by Gasteiger charge is 2.30. The van der Waals surface area contributed by atoms with Crippen molar-refractivity contribution in [2.24, 2.45) is 0 Å². The summed E-state index contributed by atoms with van der Waals surface area (Å²) in [5.41, 5.74) is 0. The lowest BCUT2D eigenvalue weighted by Crippen LogP contribution is -2.34. The molecule has 0 aliphatic carbocycles. The van der Waals surface area contributed by atoms with Crippen molar-refractivity contribution >= 4 is 16.4 Å². The van der Waals surface area contributed by atoms with Gasteiger partial charge in [-0.1, -0.05) is 6.58 Å². The Kier molecular flexibility index (Phi) is 4.92. The fraction of sp³-hybridized carbons (Fsp3) is 0.625. The largest absolute Gasteiger partial charge is 0.429 e. The predicted molar refractivity (Wildman–Crippen MR) is 52.0 cm³/mol. The molecule has 0 aromatic heterocycles. The Morgan fingerprint density at radius 2 is 2.00 bits per heavy atom. The third-order valence-corrected chi connectivity index (χ3v) is 2.21. The molecular formula is C8H14O6S. The lowest BCUT2D eigenvalue weighted by Gasteiger charge is -2.22. The minimum Gasteiger partial charge on any atom is -0.429 e. The second-order valence-electron chi connectivity index (χ2n) is 2.92. The van der Waals surface area contributed by atoms with E-state index in [4.69, 9.17) is 0 Å². The molecule has 0 aliphatic rings. The number of esters is 1. The molecule has 88 valence electrons. The highest BCUT2D eigenvalue weighted by Crippen LogP contribution is 2.16. The van der Waals surface area contributed by atoms with Gasteiger partial charge in [0, 0.05) is 19.9 Å². The van der Waals surface area contributed by atoms with Gasteiger partial charge < -0.3 is 4.74 Å². The van der Waals surface area contributed by atoms with Crippen LogP contribution >= 0.6 is 0 Å². The van der Waals surface area contributed by atoms with Gasteiger partial charge in [-0.25, -0.2) is 13.2 Å². The van der Waals surface area contributed by atoms with Crippen LogP contribution in [0.4, 0.5) is 0 Å². The van der Waals surface area contributed by atoms with Crippen LogP contribution in [0.15, 0.2) is 12.7 Å². The first-order valence-corrected chi connectivity index (χ1v) is 5.51. The number of rotatable bonds is 6. The van der Waals surface area contributed by atoms with Crippen LogP contribution in [-0.2, 0) is 28.3 Å². The Morgan fingerprint density at radius 1 is 1.47 bits per heavy atom. The zero-order chi connectivity index (χ0) is 12.1. The summed E-state index contributed by atoms with van der Waals surface area (Å²) in [6.45, 7) is 7.13. The summed E-state index contributed by atoms with van der Waals surface area (Å²) >= 11 is 0. The summed E-state index contributed by atoms with van der Waals surface area (Å²) in [5.74, 6) is -2.41. The molecule has 0 heterocycles. The van der Waals surface area contributed by atoms with E-state index in [1.165, 1.54) is 20.8 Å². The standard InChI is InChI=1S/C8H14O6S/c1-5-7(9)13-8(3,4)14-15(10,11)12-6-2/h5H,1,6H2,2-4H3. The van der Waals surface area contributed by atoms with Crippen molar-refractivity contribution in [1.29, 1.82) is 0 Å². The smallest absolute Gasteiger partial charge is 0.403 e. The first-order valence-electron chi connectivity index (χ1n) is 4.18. The Hall–Kier alpha value is -0.920. The van der Waals surface area contributed by atoms with E-state index < -0.39 is 22.2 Å². The Bertz CT molecular complexity index is 329. The van der Waals surface area contributed by atoms with E-state index in [2.05, 4.69) is 19.7 Å². The van der Waals surface area contributed by atoms with Crippen molar-refractivity contribution in [2.45, 2.75) is 26.6 Å². The molecule has 0 aliphatic heterocycles. The van der Waals surface area contributed by atoms with Gasteiger partial charge in [0.15, 0.2) is 0 Å². The molecule has 0 fully saturated rings. The maximum atomic E-state index is 11.1. The molecule has 0 amide bonds. The molecule has 0 N–H and O–H groups in total. The Labute approximate surface area is 89.1 Å². The lowest BCUT2D eigenvalue weighted by atomic mass is 10.4. The average molecular weight is 238 g/mol. The van der Waals surface area contributed by atoms with E-state index in [9.17, 15) is 13.2 Å². The van der Waals surface area contributed by atoms with Crippen LogP contribution in [0.5, 0.6) is 0 Å². The average Bonchev–Trinajstić information content (AvgIpc) is 2.00. The maximum Gasteiger partial charge on any atom is 0.403 e. The summed E-state index contributed by atoms with van der Waals surface area (Å²) in [7, 11) is -4.15. The van der Waals surface area contributed by atoms with Crippen LogP contribution < -0.4 is 0 Å². The van der Waals surface area contributed by atoms with Crippen molar-refractivity contribution in [1.82, 2.24) is 0 Å². The number of carbonyl (C=O) groups excluding carboxylic acids is 1. The predicted octanol–water partition coefficient (Wildman–Crippen LogP) is 0.750. The van der Waals surface area contributed by atoms with Gasteiger partial charge in [0.25, 0.3) is 0 Å². The van der Waals surface area contributed by atoms with Gasteiger partial charge in [0.05, 0.1) is 6.61 Å². The van der Waals surface area contributed by atoms with Crippen LogP contribution in [-0.4, -0.2) is 26.8 Å². The minimum absolute atomic E-state index is 0.0617. The Morgan fingerprint density at radius 3 is 2.40 bits per heavy atom. The van der Waals surface area contributed by atoms with E-state index >= 15 is 0 Å². The molecule has 0 radical (unpaired) electrons. The third kappa shape index (κ3) is 6.21. The quantitative estimate of drug-likeness (QED) is 0.386. The van der Waals surface area contributed by atoms with Gasteiger partial charge >= 0.3 is 16.4 Å². The van der Waals surface area contributed by atoms with Gasteiger partial charge in [-0.2, -0.15) is 8.42 Å². The summed E-state index contributed by atoms with van der Waals surface area (Å²) in [4.78, 5) is 10.8. The molecule has 0 rings (SSSR count). The summed E-state index contributed by atoms with van der Waals surface area (Å²) in [5, 5.41) is 0. The van der Waals surface area contributed by atoms with Crippen molar-refractivity contribution in [3.8, 4) is 0 Å². The summed E-state index contributed by atoms with van der Waals surface area (Å²) in [6.07, 6.45) is 0.901. The molecule has 0 atom stereocenters. The van der Waals surface area contributed by atoms with Crippen molar-refractivity contribution in [3.05, 3.63) is 12.7 Å². The number of hydrogen-bond acceptors (Lipinski definition) is 6. The zero-order valence-corrected chi connectivity index (χ0v) is 9.67. The summed E-state index contributed by atoms with van der Waals surface area (Å²) in [6, 6.07) is 0. The molecule has 0 saturated carbocycles. The molecular weight excluding hydrogens is 224 g/mol. The zero-order valence-electron chi connectivity index (χ0n) is 8.85. The fourth-order valence-electron chi connectivity index (χ4n) is 0.715. The van der Waals surface area contributed by atoms with Gasteiger partial charge in [-0.05, 0) is 6.92 Å². The van der Waals surface area contributed by atoms with Crippen molar-refractivity contribution < 1.29 is 26.3 Å². The van der Waals surface area contributed by atoms with E-state index in [0.717, 1.165) is 6.08 Å². The van der Waals surface area contributed by atoms with E-state index in [1.54, 1.807) is 0 Å². The van der Waals surface area contributed by atoms with E-state index in [-0.39, 0.29) is 6.61 Å². The van der Waals surface area contributed by atoms with Crippen molar-refractivity contribution in [2.75, 3.05) is 6.61 Å². The molecule has 0 spiro atoms. The summed E-state index contributed by atoms with van der Waals surface area (Å²) < 4.78 is 35.6. The molecule has 0 unspecified atom stereocenters. The van der Waals surface area contributed by atoms with Crippen LogP contribution in [0.3, 0.4) is 0 Å². The van der Waals surface area contributed by atoms with Crippen LogP contribution in [0.2, 0.25) is 0 Å². The fourth-order valence-corrected chi connectivity index (χ4v) is 1.58. The number of ether oxygens (including phenoxy) is 1. The van der Waals surface area contributed by atoms with Crippen molar-refractivity contribution in [3.63, 3.8) is 0 Å². The van der Waals surface area contributed by atoms with Gasteiger partial charge in [-0.3, -0.25) is 0 Å². The van der Waals surface area contributed by atoms with Crippen LogP contribution in [0.1, 0.15) is 20.8 Å². The number of carbonyl (C=O) groups is 1. The first-order chi connectivity index (χ1) is 6.72. The molecule has 15 heavy (non-hydrogen) atoms. The molecule has 0 bridgehead atoms. The normalized spacial score (nSPS) is 12.2. The highest BCUT2D eigenvalue weighted by molar-refractivity contribution is 7.81. The topological polar surface area (TPSA) is 78.9 Å². The lowest BCUT2D eigenvalue weighted by molar-refractivity contribution is -0.180. The third-order valence-electron chi connectivity index (χ3n) is 1.08. The van der Waals surface area contributed by atoms with E-state index in [0.29, 0.717) is 0 Å². The molecule has 0 aromatic carbocycles. The molecule has 6 nitrogen and oxygen atoms in total. The van der Waals surface area contributed by atoms with Crippen LogP contribution in [0, 0.1) is 0 Å². The molecule has 0 aromatic rings. The highest BCUT2D eigenvalue weighted by atomic mass is 32.3. The van der Waals surface area contributed by atoms with E-state index in [1.807, 2.05) is 0 Å². The van der Waals surface area contributed by atoms with Gasteiger partial charge in [0.1, 0.15) is 0 Å².